The summed E-state index contributed by atoms with van der Waals surface area (Å²) in [6.07, 6.45) is 0. The predicted molar refractivity (Wildman–Crippen MR) is 84.5 cm³/mol. The van der Waals surface area contributed by atoms with E-state index in [2.05, 4.69) is 5.32 Å². The summed E-state index contributed by atoms with van der Waals surface area (Å²) in [5.74, 6) is 0.475. The number of rotatable bonds is 6. The smallest absolute Gasteiger partial charge is 0.124 e. The first-order valence-electron chi connectivity index (χ1n) is 7.07. The molecule has 2 aromatic rings. The van der Waals surface area contributed by atoms with Crippen molar-refractivity contribution in [1.82, 2.24) is 5.32 Å². The first-order chi connectivity index (χ1) is 10.2. The van der Waals surface area contributed by atoms with E-state index in [1.807, 2.05) is 38.1 Å². The van der Waals surface area contributed by atoms with E-state index in [0.717, 1.165) is 23.4 Å². The van der Waals surface area contributed by atoms with Crippen molar-refractivity contribution in [3.8, 4) is 5.75 Å². The van der Waals surface area contributed by atoms with Crippen LogP contribution in [0, 0.1) is 5.82 Å². The van der Waals surface area contributed by atoms with Crippen LogP contribution >= 0.6 is 11.6 Å². The van der Waals surface area contributed by atoms with E-state index in [9.17, 15) is 4.39 Å². The van der Waals surface area contributed by atoms with Gasteiger partial charge in [-0.3, -0.25) is 0 Å². The SMILES string of the molecule is CCNC(c1ccc(F)cc1Cl)c1ccccc1OCC. The highest BCUT2D eigenvalue weighted by atomic mass is 35.5. The maximum absolute atomic E-state index is 13.3. The lowest BCUT2D eigenvalue weighted by molar-refractivity contribution is 0.333. The van der Waals surface area contributed by atoms with E-state index in [4.69, 9.17) is 16.3 Å². The molecule has 0 aromatic heterocycles. The van der Waals surface area contributed by atoms with Crippen molar-refractivity contribution in [3.63, 3.8) is 0 Å². The van der Waals surface area contributed by atoms with E-state index < -0.39 is 0 Å². The molecule has 4 heteroatoms. The highest BCUT2D eigenvalue weighted by molar-refractivity contribution is 6.31. The molecule has 0 radical (unpaired) electrons. The lowest BCUT2D eigenvalue weighted by Gasteiger charge is -2.22. The van der Waals surface area contributed by atoms with Gasteiger partial charge >= 0.3 is 0 Å². The average Bonchev–Trinajstić information content (AvgIpc) is 2.47. The van der Waals surface area contributed by atoms with Gasteiger partial charge in [0.25, 0.3) is 0 Å². The quantitative estimate of drug-likeness (QED) is 0.843. The molecule has 1 N–H and O–H groups in total. The summed E-state index contributed by atoms with van der Waals surface area (Å²) in [4.78, 5) is 0. The number of para-hydroxylation sites is 1. The summed E-state index contributed by atoms with van der Waals surface area (Å²) < 4.78 is 19.0. The Bertz CT molecular complexity index is 603. The molecule has 2 nitrogen and oxygen atoms in total. The number of benzene rings is 2. The van der Waals surface area contributed by atoms with Crippen molar-refractivity contribution in [2.24, 2.45) is 0 Å². The van der Waals surface area contributed by atoms with Crippen LogP contribution in [-0.2, 0) is 0 Å². The molecule has 112 valence electrons. The molecule has 1 unspecified atom stereocenters. The van der Waals surface area contributed by atoms with Crippen molar-refractivity contribution in [3.05, 3.63) is 64.4 Å². The molecule has 21 heavy (non-hydrogen) atoms. The van der Waals surface area contributed by atoms with Crippen molar-refractivity contribution in [2.45, 2.75) is 19.9 Å². The average molecular weight is 308 g/mol. The van der Waals surface area contributed by atoms with Crippen LogP contribution in [-0.4, -0.2) is 13.2 Å². The Morgan fingerprint density at radius 2 is 1.90 bits per heavy atom. The fraction of sp³-hybridized carbons (Fsp3) is 0.294. The van der Waals surface area contributed by atoms with Gasteiger partial charge in [-0.15, -0.1) is 0 Å². The third kappa shape index (κ3) is 3.74. The largest absolute Gasteiger partial charge is 0.494 e. The Morgan fingerprint density at radius 3 is 2.57 bits per heavy atom. The summed E-state index contributed by atoms with van der Waals surface area (Å²) in [5, 5.41) is 3.80. The van der Waals surface area contributed by atoms with E-state index in [1.165, 1.54) is 12.1 Å². The maximum atomic E-state index is 13.3. The second-order valence-corrected chi connectivity index (χ2v) is 5.03. The molecule has 0 fully saturated rings. The van der Waals surface area contributed by atoms with Gasteiger partial charge < -0.3 is 10.1 Å². The molecule has 0 spiro atoms. The van der Waals surface area contributed by atoms with Crippen LogP contribution in [0.25, 0.3) is 0 Å². The van der Waals surface area contributed by atoms with Gasteiger partial charge in [-0.05, 0) is 37.2 Å². The zero-order valence-corrected chi connectivity index (χ0v) is 13.0. The number of hydrogen-bond donors (Lipinski definition) is 1. The zero-order chi connectivity index (χ0) is 15.2. The summed E-state index contributed by atoms with van der Waals surface area (Å²) in [6.45, 7) is 5.32. The first kappa shape index (κ1) is 15.8. The maximum Gasteiger partial charge on any atom is 0.124 e. The predicted octanol–water partition coefficient (Wildman–Crippen LogP) is 4.58. The summed E-state index contributed by atoms with van der Waals surface area (Å²) in [5.41, 5.74) is 1.83. The van der Waals surface area contributed by atoms with Crippen LogP contribution in [0.15, 0.2) is 42.5 Å². The van der Waals surface area contributed by atoms with Gasteiger partial charge in [0.05, 0.1) is 12.6 Å². The Kier molecular flexibility index (Phi) is 5.59. The molecule has 0 heterocycles. The van der Waals surface area contributed by atoms with Gasteiger partial charge in [0.15, 0.2) is 0 Å². The fourth-order valence-corrected chi connectivity index (χ4v) is 2.61. The van der Waals surface area contributed by atoms with Crippen LogP contribution in [0.3, 0.4) is 0 Å². The Balaban J connectivity index is 2.48. The van der Waals surface area contributed by atoms with E-state index in [1.54, 1.807) is 6.07 Å². The van der Waals surface area contributed by atoms with Crippen LogP contribution < -0.4 is 10.1 Å². The Hall–Kier alpha value is -1.58. The van der Waals surface area contributed by atoms with Crippen LogP contribution in [0.4, 0.5) is 4.39 Å². The van der Waals surface area contributed by atoms with Gasteiger partial charge in [0.2, 0.25) is 0 Å². The highest BCUT2D eigenvalue weighted by Gasteiger charge is 2.20. The Morgan fingerprint density at radius 1 is 1.14 bits per heavy atom. The Labute approximate surface area is 129 Å². The molecule has 0 aliphatic carbocycles. The number of halogens is 2. The van der Waals surface area contributed by atoms with Crippen molar-refractivity contribution in [1.29, 1.82) is 0 Å². The number of hydrogen-bond acceptors (Lipinski definition) is 2. The molecule has 0 saturated carbocycles. The van der Waals surface area contributed by atoms with Crippen molar-refractivity contribution in [2.75, 3.05) is 13.2 Å². The molecule has 0 aliphatic rings. The molecule has 0 aliphatic heterocycles. The molecule has 2 aromatic carbocycles. The van der Waals surface area contributed by atoms with Crippen LogP contribution in [0.1, 0.15) is 31.0 Å². The molecule has 2 rings (SSSR count). The van der Waals surface area contributed by atoms with E-state index >= 15 is 0 Å². The minimum absolute atomic E-state index is 0.133. The third-order valence-electron chi connectivity index (χ3n) is 3.21. The molecular weight excluding hydrogens is 289 g/mol. The van der Waals surface area contributed by atoms with Crippen LogP contribution in [0.2, 0.25) is 5.02 Å². The van der Waals surface area contributed by atoms with Gasteiger partial charge in [0.1, 0.15) is 11.6 Å². The lowest BCUT2D eigenvalue weighted by Crippen LogP contribution is -2.23. The molecule has 1 atom stereocenters. The van der Waals surface area contributed by atoms with Crippen molar-refractivity contribution < 1.29 is 9.13 Å². The molecule has 0 amide bonds. The summed E-state index contributed by atoms with van der Waals surface area (Å²) in [6, 6.07) is 12.2. The summed E-state index contributed by atoms with van der Waals surface area (Å²) in [7, 11) is 0. The van der Waals surface area contributed by atoms with Crippen LogP contribution in [0.5, 0.6) is 5.75 Å². The van der Waals surface area contributed by atoms with Crippen molar-refractivity contribution >= 4 is 11.6 Å². The standard InChI is InChI=1S/C17H19ClFNO/c1-3-20-17(13-10-9-12(19)11-15(13)18)14-7-5-6-8-16(14)21-4-2/h5-11,17,20H,3-4H2,1-2H3. The van der Waals surface area contributed by atoms with Gasteiger partial charge in [-0.1, -0.05) is 42.8 Å². The number of nitrogens with one attached hydrogen (secondary N) is 1. The topological polar surface area (TPSA) is 21.3 Å². The highest BCUT2D eigenvalue weighted by Crippen LogP contribution is 2.33. The minimum atomic E-state index is -0.336. The second kappa shape index (κ2) is 7.43. The second-order valence-electron chi connectivity index (χ2n) is 4.63. The summed E-state index contributed by atoms with van der Waals surface area (Å²) >= 11 is 6.22. The molecule has 0 saturated heterocycles. The molecular formula is C17H19ClFNO. The lowest BCUT2D eigenvalue weighted by atomic mass is 9.97. The monoisotopic (exact) mass is 307 g/mol. The third-order valence-corrected chi connectivity index (χ3v) is 3.54. The van der Waals surface area contributed by atoms with Gasteiger partial charge in [-0.25, -0.2) is 4.39 Å². The zero-order valence-electron chi connectivity index (χ0n) is 12.2. The van der Waals surface area contributed by atoms with Gasteiger partial charge in [0, 0.05) is 10.6 Å². The number of ether oxygens (including phenoxy) is 1. The molecule has 0 bridgehead atoms. The fourth-order valence-electron chi connectivity index (χ4n) is 2.33. The van der Waals surface area contributed by atoms with E-state index in [-0.39, 0.29) is 11.9 Å². The first-order valence-corrected chi connectivity index (χ1v) is 7.45. The van der Waals surface area contributed by atoms with Gasteiger partial charge in [-0.2, -0.15) is 0 Å². The minimum Gasteiger partial charge on any atom is -0.494 e. The van der Waals surface area contributed by atoms with E-state index in [0.29, 0.717) is 11.6 Å². The normalized spacial score (nSPS) is 12.2.